The molecule has 1 aliphatic heterocycles. The van der Waals surface area contributed by atoms with Gasteiger partial charge in [0.05, 0.1) is 5.60 Å². The van der Waals surface area contributed by atoms with Crippen LogP contribution in [0.3, 0.4) is 0 Å². The van der Waals surface area contributed by atoms with Crippen LogP contribution in [0.4, 0.5) is 0 Å². The van der Waals surface area contributed by atoms with E-state index in [4.69, 9.17) is 0 Å². The monoisotopic (exact) mass is 211 g/mol. The van der Waals surface area contributed by atoms with Gasteiger partial charge < -0.3 is 5.11 Å². The van der Waals surface area contributed by atoms with Gasteiger partial charge in [-0.2, -0.15) is 11.3 Å². The fraction of sp³-hybridized carbons (Fsp3) is 0.636. The van der Waals surface area contributed by atoms with Gasteiger partial charge in [-0.15, -0.1) is 0 Å². The Hall–Kier alpha value is -0.380. The maximum atomic E-state index is 10.0. The van der Waals surface area contributed by atoms with Crippen molar-refractivity contribution in [2.75, 3.05) is 13.1 Å². The van der Waals surface area contributed by atoms with Crippen molar-refractivity contribution in [1.29, 1.82) is 0 Å². The van der Waals surface area contributed by atoms with E-state index in [1.165, 1.54) is 5.56 Å². The summed E-state index contributed by atoms with van der Waals surface area (Å²) in [4.78, 5) is 2.29. The zero-order valence-corrected chi connectivity index (χ0v) is 9.55. The molecule has 2 rings (SSSR count). The van der Waals surface area contributed by atoms with Crippen LogP contribution >= 0.6 is 11.3 Å². The molecule has 1 N–H and O–H groups in total. The largest absolute Gasteiger partial charge is 0.387 e. The summed E-state index contributed by atoms with van der Waals surface area (Å²) >= 11 is 1.73. The summed E-state index contributed by atoms with van der Waals surface area (Å²) in [6, 6.07) is 2.15. The van der Waals surface area contributed by atoms with Gasteiger partial charge in [-0.1, -0.05) is 13.8 Å². The molecule has 0 spiro atoms. The molecule has 0 bridgehead atoms. The average molecular weight is 211 g/mol. The number of thiophene rings is 1. The first kappa shape index (κ1) is 10.1. The first-order valence-corrected chi connectivity index (χ1v) is 6.00. The molecule has 78 valence electrons. The van der Waals surface area contributed by atoms with Crippen LogP contribution < -0.4 is 0 Å². The summed E-state index contributed by atoms with van der Waals surface area (Å²) in [5, 5.41) is 14.3. The van der Waals surface area contributed by atoms with Crippen molar-refractivity contribution in [1.82, 2.24) is 4.90 Å². The van der Waals surface area contributed by atoms with Gasteiger partial charge in [0.15, 0.2) is 0 Å². The number of nitrogens with zero attached hydrogens (tertiary/aromatic N) is 1. The van der Waals surface area contributed by atoms with Crippen LogP contribution in [0.5, 0.6) is 0 Å². The molecule has 1 saturated heterocycles. The Balaban J connectivity index is 1.84. The minimum Gasteiger partial charge on any atom is -0.387 e. The smallest absolute Gasteiger partial charge is 0.0923 e. The number of hydrogen-bond donors (Lipinski definition) is 1. The SMILES string of the molecule is CC(C)C1(O)CN(Cc2ccsc2)C1. The van der Waals surface area contributed by atoms with Crippen LogP contribution in [0.2, 0.25) is 0 Å². The van der Waals surface area contributed by atoms with Gasteiger partial charge in [-0.3, -0.25) is 4.90 Å². The van der Waals surface area contributed by atoms with E-state index in [0.29, 0.717) is 5.92 Å². The molecule has 1 fully saturated rings. The molecular weight excluding hydrogens is 194 g/mol. The van der Waals surface area contributed by atoms with Crippen LogP contribution in [-0.4, -0.2) is 28.7 Å². The normalized spacial score (nSPS) is 21.1. The summed E-state index contributed by atoms with van der Waals surface area (Å²) in [7, 11) is 0. The Kier molecular flexibility index (Phi) is 2.64. The van der Waals surface area contributed by atoms with E-state index in [2.05, 4.69) is 35.6 Å². The van der Waals surface area contributed by atoms with E-state index in [9.17, 15) is 5.11 Å². The van der Waals surface area contributed by atoms with Gasteiger partial charge in [-0.05, 0) is 28.3 Å². The lowest BCUT2D eigenvalue weighted by Gasteiger charge is -2.49. The zero-order chi connectivity index (χ0) is 10.2. The number of aliphatic hydroxyl groups is 1. The molecule has 0 saturated carbocycles. The molecule has 0 amide bonds. The van der Waals surface area contributed by atoms with Crippen molar-refractivity contribution in [3.8, 4) is 0 Å². The number of β-amino-alcohol motifs (C(OH)–C–C–N with tert-alkyl or cyclic N) is 1. The maximum absolute atomic E-state index is 10.0. The highest BCUT2D eigenvalue weighted by Gasteiger charge is 2.43. The highest BCUT2D eigenvalue weighted by Crippen LogP contribution is 2.29. The fourth-order valence-corrected chi connectivity index (χ4v) is 2.51. The Labute approximate surface area is 89.2 Å². The lowest BCUT2D eigenvalue weighted by atomic mass is 9.83. The molecular formula is C11H17NOS. The van der Waals surface area contributed by atoms with Crippen LogP contribution in [0.25, 0.3) is 0 Å². The first-order chi connectivity index (χ1) is 6.60. The van der Waals surface area contributed by atoms with E-state index in [0.717, 1.165) is 19.6 Å². The summed E-state index contributed by atoms with van der Waals surface area (Å²) in [5.74, 6) is 0.362. The number of likely N-dealkylation sites (tertiary alicyclic amines) is 1. The molecule has 1 aromatic rings. The first-order valence-electron chi connectivity index (χ1n) is 5.06. The maximum Gasteiger partial charge on any atom is 0.0923 e. The molecule has 1 aromatic heterocycles. The van der Waals surface area contributed by atoms with Crippen molar-refractivity contribution in [2.24, 2.45) is 5.92 Å². The van der Waals surface area contributed by atoms with E-state index in [-0.39, 0.29) is 0 Å². The van der Waals surface area contributed by atoms with Crippen molar-refractivity contribution in [3.05, 3.63) is 22.4 Å². The minimum atomic E-state index is -0.435. The van der Waals surface area contributed by atoms with Crippen LogP contribution in [0, 0.1) is 5.92 Å². The second-order valence-corrected chi connectivity index (χ2v) is 5.32. The van der Waals surface area contributed by atoms with Crippen LogP contribution in [-0.2, 0) is 6.54 Å². The van der Waals surface area contributed by atoms with Crippen molar-refractivity contribution in [2.45, 2.75) is 26.0 Å². The quantitative estimate of drug-likeness (QED) is 0.826. The summed E-state index contributed by atoms with van der Waals surface area (Å²) in [6.45, 7) is 6.80. The second-order valence-electron chi connectivity index (χ2n) is 4.54. The molecule has 0 aliphatic carbocycles. The fourth-order valence-electron chi connectivity index (χ4n) is 1.85. The lowest BCUT2D eigenvalue weighted by molar-refractivity contribution is -0.130. The molecule has 0 aromatic carbocycles. The molecule has 2 heterocycles. The Morgan fingerprint density at radius 2 is 2.29 bits per heavy atom. The highest BCUT2D eigenvalue weighted by atomic mass is 32.1. The standard InChI is InChI=1S/C11H17NOS/c1-9(2)11(13)7-12(8-11)5-10-3-4-14-6-10/h3-4,6,9,13H,5,7-8H2,1-2H3. The average Bonchev–Trinajstić information content (AvgIpc) is 2.53. The van der Waals surface area contributed by atoms with Crippen molar-refractivity contribution in [3.63, 3.8) is 0 Å². The molecule has 0 atom stereocenters. The summed E-state index contributed by atoms with van der Waals surface area (Å²) < 4.78 is 0. The second kappa shape index (κ2) is 3.65. The summed E-state index contributed by atoms with van der Waals surface area (Å²) in [5.41, 5.74) is 0.927. The molecule has 0 radical (unpaired) electrons. The van der Waals surface area contributed by atoms with E-state index >= 15 is 0 Å². The van der Waals surface area contributed by atoms with Crippen molar-refractivity contribution >= 4 is 11.3 Å². The molecule has 2 nitrogen and oxygen atoms in total. The highest BCUT2D eigenvalue weighted by molar-refractivity contribution is 7.07. The van der Waals surface area contributed by atoms with Crippen LogP contribution in [0.15, 0.2) is 16.8 Å². The predicted octanol–water partition coefficient (Wildman–Crippen LogP) is 1.95. The Morgan fingerprint density at radius 1 is 1.57 bits per heavy atom. The number of rotatable bonds is 3. The molecule has 14 heavy (non-hydrogen) atoms. The summed E-state index contributed by atoms with van der Waals surface area (Å²) in [6.07, 6.45) is 0. The molecule has 0 unspecified atom stereocenters. The van der Waals surface area contributed by atoms with Gasteiger partial charge in [0.25, 0.3) is 0 Å². The Morgan fingerprint density at radius 3 is 2.79 bits per heavy atom. The Bertz CT molecular complexity index is 288. The number of hydrogen-bond acceptors (Lipinski definition) is 3. The van der Waals surface area contributed by atoms with Gasteiger partial charge in [-0.25, -0.2) is 0 Å². The van der Waals surface area contributed by atoms with E-state index < -0.39 is 5.60 Å². The van der Waals surface area contributed by atoms with E-state index in [1.807, 2.05) is 0 Å². The van der Waals surface area contributed by atoms with Gasteiger partial charge >= 0.3 is 0 Å². The molecule has 1 aliphatic rings. The third kappa shape index (κ3) is 1.85. The van der Waals surface area contributed by atoms with Crippen molar-refractivity contribution < 1.29 is 5.11 Å². The topological polar surface area (TPSA) is 23.5 Å². The predicted molar refractivity (Wildman–Crippen MR) is 59.4 cm³/mol. The lowest BCUT2D eigenvalue weighted by Crippen LogP contribution is -2.63. The zero-order valence-electron chi connectivity index (χ0n) is 8.73. The van der Waals surface area contributed by atoms with Gasteiger partial charge in [0, 0.05) is 19.6 Å². The minimum absolute atomic E-state index is 0.362. The molecule has 3 heteroatoms. The van der Waals surface area contributed by atoms with Gasteiger partial charge in [0.1, 0.15) is 0 Å². The van der Waals surface area contributed by atoms with E-state index in [1.54, 1.807) is 11.3 Å². The van der Waals surface area contributed by atoms with Crippen LogP contribution in [0.1, 0.15) is 19.4 Å². The third-order valence-electron chi connectivity index (χ3n) is 3.06. The third-order valence-corrected chi connectivity index (χ3v) is 3.79. The van der Waals surface area contributed by atoms with Gasteiger partial charge in [0.2, 0.25) is 0 Å².